The number of amides is 1. The molecule has 23 heavy (non-hydrogen) atoms. The molecule has 2 atom stereocenters. The van der Waals surface area contributed by atoms with Crippen molar-refractivity contribution in [3.8, 4) is 5.69 Å². The van der Waals surface area contributed by atoms with Crippen LogP contribution in [0.2, 0.25) is 0 Å². The lowest BCUT2D eigenvalue weighted by molar-refractivity contribution is -0.142. The minimum atomic E-state index is -0.900. The lowest BCUT2D eigenvalue weighted by Gasteiger charge is -2.16. The van der Waals surface area contributed by atoms with Crippen LogP contribution < -0.4 is 5.32 Å². The molecule has 3 rings (SSSR count). The number of rotatable bonds is 4. The first-order chi connectivity index (χ1) is 11.0. The highest BCUT2D eigenvalue weighted by atomic mass is 19.1. The molecule has 0 radical (unpaired) electrons. The van der Waals surface area contributed by atoms with Crippen molar-refractivity contribution in [2.75, 3.05) is 0 Å². The van der Waals surface area contributed by atoms with E-state index in [1.807, 2.05) is 0 Å². The first-order valence-corrected chi connectivity index (χ1v) is 7.26. The molecule has 1 saturated carbocycles. The molecule has 120 valence electrons. The van der Waals surface area contributed by atoms with Crippen LogP contribution in [0.3, 0.4) is 0 Å². The Hall–Kier alpha value is -2.77. The van der Waals surface area contributed by atoms with E-state index in [4.69, 9.17) is 5.11 Å². The second-order valence-corrected chi connectivity index (χ2v) is 5.45. The van der Waals surface area contributed by atoms with Crippen LogP contribution in [-0.2, 0) is 4.79 Å². The summed E-state index contributed by atoms with van der Waals surface area (Å²) in [6, 6.07) is 5.14. The normalized spacial score (nSPS) is 20.4. The largest absolute Gasteiger partial charge is 0.481 e. The maximum atomic E-state index is 12.9. The Kier molecular flexibility index (Phi) is 4.05. The van der Waals surface area contributed by atoms with Gasteiger partial charge in [-0.25, -0.2) is 4.39 Å². The zero-order valence-electron chi connectivity index (χ0n) is 12.1. The number of aliphatic carboxylic acids is 1. The van der Waals surface area contributed by atoms with Gasteiger partial charge in [-0.1, -0.05) is 6.42 Å². The van der Waals surface area contributed by atoms with Crippen LogP contribution >= 0.6 is 0 Å². The molecule has 2 N–H and O–H groups in total. The maximum absolute atomic E-state index is 12.9. The summed E-state index contributed by atoms with van der Waals surface area (Å²) in [6.07, 6.45) is 3.25. The van der Waals surface area contributed by atoms with Crippen LogP contribution in [0.1, 0.15) is 29.8 Å². The summed E-state index contributed by atoms with van der Waals surface area (Å²) in [7, 11) is 0. The van der Waals surface area contributed by atoms with Crippen LogP contribution in [0.25, 0.3) is 5.69 Å². The van der Waals surface area contributed by atoms with E-state index in [1.165, 1.54) is 35.3 Å². The quantitative estimate of drug-likeness (QED) is 0.888. The molecule has 0 spiro atoms. The summed E-state index contributed by atoms with van der Waals surface area (Å²) in [4.78, 5) is 24.5. The summed E-state index contributed by atoms with van der Waals surface area (Å²) in [5.74, 6) is -2.30. The van der Waals surface area contributed by atoms with E-state index < -0.39 is 23.8 Å². The average molecular weight is 318 g/mol. The van der Waals surface area contributed by atoms with Crippen molar-refractivity contribution in [1.82, 2.24) is 20.3 Å². The van der Waals surface area contributed by atoms with Gasteiger partial charge in [0.05, 0.1) is 17.8 Å². The second kappa shape index (κ2) is 6.15. The fraction of sp³-hybridized carbons (Fsp3) is 0.333. The number of halogens is 1. The van der Waals surface area contributed by atoms with Gasteiger partial charge < -0.3 is 10.4 Å². The maximum Gasteiger partial charge on any atom is 0.308 e. The van der Waals surface area contributed by atoms with Gasteiger partial charge in [-0.15, -0.1) is 5.10 Å². The van der Waals surface area contributed by atoms with Crippen molar-refractivity contribution in [3.05, 3.63) is 42.0 Å². The first-order valence-electron chi connectivity index (χ1n) is 7.26. The van der Waals surface area contributed by atoms with Crippen molar-refractivity contribution in [3.63, 3.8) is 0 Å². The fourth-order valence-corrected chi connectivity index (χ4v) is 2.74. The van der Waals surface area contributed by atoms with E-state index >= 15 is 0 Å². The van der Waals surface area contributed by atoms with Crippen LogP contribution in [0.15, 0.2) is 30.5 Å². The van der Waals surface area contributed by atoms with Crippen molar-refractivity contribution in [1.29, 1.82) is 0 Å². The molecule has 1 amide bonds. The van der Waals surface area contributed by atoms with Crippen LogP contribution in [-0.4, -0.2) is 38.0 Å². The number of carbonyl (C=O) groups is 2. The minimum Gasteiger partial charge on any atom is -0.481 e. The number of carboxylic acid groups (broad SMARTS) is 1. The summed E-state index contributed by atoms with van der Waals surface area (Å²) < 4.78 is 12.9. The minimum absolute atomic E-state index is 0.0883. The number of hydrogen-bond donors (Lipinski definition) is 2. The van der Waals surface area contributed by atoms with E-state index in [-0.39, 0.29) is 11.5 Å². The van der Waals surface area contributed by atoms with E-state index in [9.17, 15) is 14.0 Å². The smallest absolute Gasteiger partial charge is 0.308 e. The first kappa shape index (κ1) is 15.1. The van der Waals surface area contributed by atoms with Crippen molar-refractivity contribution in [2.24, 2.45) is 5.92 Å². The fourth-order valence-electron chi connectivity index (χ4n) is 2.74. The molecule has 8 heteroatoms. The van der Waals surface area contributed by atoms with Gasteiger partial charge in [-0.2, -0.15) is 9.90 Å². The lowest BCUT2D eigenvalue weighted by atomic mass is 10.0. The van der Waals surface area contributed by atoms with Gasteiger partial charge in [0.15, 0.2) is 5.69 Å². The Labute approximate surface area is 131 Å². The molecule has 1 aliphatic rings. The summed E-state index contributed by atoms with van der Waals surface area (Å²) in [5, 5.41) is 19.9. The van der Waals surface area contributed by atoms with Crippen molar-refractivity contribution < 1.29 is 19.1 Å². The lowest BCUT2D eigenvalue weighted by Crippen LogP contribution is -2.40. The number of benzene rings is 1. The van der Waals surface area contributed by atoms with Crippen molar-refractivity contribution in [2.45, 2.75) is 25.3 Å². The van der Waals surface area contributed by atoms with E-state index in [2.05, 4.69) is 15.5 Å². The monoisotopic (exact) mass is 318 g/mol. The molecule has 1 fully saturated rings. The molecular weight excluding hydrogens is 303 g/mol. The highest BCUT2D eigenvalue weighted by Crippen LogP contribution is 2.26. The van der Waals surface area contributed by atoms with Crippen LogP contribution in [0, 0.1) is 11.7 Å². The standard InChI is InChI=1S/C15H15FN4O3/c16-9-4-6-10(7-5-9)20-17-8-13(19-20)14(21)18-12-3-1-2-11(12)15(22)23/h4-8,11-12H,1-3H2,(H,18,21)(H,22,23)/t11-,12+/m1/s1. The molecule has 2 aromatic rings. The molecule has 1 aromatic heterocycles. The Bertz CT molecular complexity index is 729. The van der Waals surface area contributed by atoms with Gasteiger partial charge in [-0.05, 0) is 37.1 Å². The van der Waals surface area contributed by atoms with E-state index in [1.54, 1.807) is 0 Å². The Morgan fingerprint density at radius 2 is 2.00 bits per heavy atom. The predicted octanol–water partition coefficient (Wildman–Crippen LogP) is 1.39. The van der Waals surface area contributed by atoms with Crippen molar-refractivity contribution >= 4 is 11.9 Å². The zero-order chi connectivity index (χ0) is 16.4. The van der Waals surface area contributed by atoms with Gasteiger partial charge >= 0.3 is 5.97 Å². The van der Waals surface area contributed by atoms with Gasteiger partial charge in [0, 0.05) is 6.04 Å². The number of nitrogens with zero attached hydrogens (tertiary/aromatic N) is 3. The summed E-state index contributed by atoms with van der Waals surface area (Å²) in [6.45, 7) is 0. The third-order valence-electron chi connectivity index (χ3n) is 3.93. The molecule has 0 aliphatic heterocycles. The molecular formula is C15H15FN4O3. The number of nitrogens with one attached hydrogen (secondary N) is 1. The van der Waals surface area contributed by atoms with Gasteiger partial charge in [0.1, 0.15) is 5.82 Å². The Morgan fingerprint density at radius 3 is 2.70 bits per heavy atom. The molecule has 1 aromatic carbocycles. The van der Waals surface area contributed by atoms with Crippen LogP contribution in [0.5, 0.6) is 0 Å². The number of carbonyl (C=O) groups excluding carboxylic acids is 1. The summed E-state index contributed by atoms with van der Waals surface area (Å²) >= 11 is 0. The third kappa shape index (κ3) is 3.20. The third-order valence-corrected chi connectivity index (χ3v) is 3.93. The highest BCUT2D eigenvalue weighted by Gasteiger charge is 2.34. The SMILES string of the molecule is O=C(N[C@H]1CCC[C@H]1C(=O)O)c1cnn(-c2ccc(F)cc2)n1. The number of aromatic nitrogens is 3. The average Bonchev–Trinajstić information content (AvgIpc) is 3.16. The highest BCUT2D eigenvalue weighted by molar-refractivity contribution is 5.92. The van der Waals surface area contributed by atoms with E-state index in [0.29, 0.717) is 18.5 Å². The number of carboxylic acids is 1. The predicted molar refractivity (Wildman–Crippen MR) is 77.5 cm³/mol. The Morgan fingerprint density at radius 1 is 1.26 bits per heavy atom. The zero-order valence-corrected chi connectivity index (χ0v) is 12.1. The molecule has 7 nitrogen and oxygen atoms in total. The van der Waals surface area contributed by atoms with E-state index in [0.717, 1.165) is 6.42 Å². The molecule has 0 bridgehead atoms. The van der Waals surface area contributed by atoms with Gasteiger partial charge in [0.2, 0.25) is 0 Å². The molecule has 0 unspecified atom stereocenters. The molecule has 1 aliphatic carbocycles. The second-order valence-electron chi connectivity index (χ2n) is 5.45. The number of hydrogen-bond acceptors (Lipinski definition) is 4. The van der Waals surface area contributed by atoms with Gasteiger partial charge in [-0.3, -0.25) is 9.59 Å². The van der Waals surface area contributed by atoms with Crippen LogP contribution in [0.4, 0.5) is 4.39 Å². The Balaban J connectivity index is 1.71. The topological polar surface area (TPSA) is 97.1 Å². The molecule has 1 heterocycles. The van der Waals surface area contributed by atoms with Gasteiger partial charge in [0.25, 0.3) is 5.91 Å². The summed E-state index contributed by atoms with van der Waals surface area (Å²) in [5.41, 5.74) is 0.611. The molecule has 0 saturated heterocycles.